The molecule has 0 saturated heterocycles. The summed E-state index contributed by atoms with van der Waals surface area (Å²) in [6, 6.07) is 7.93. The SMILES string of the molecule is Cc1nn(C)c(C)c1/C=C/C(=O)NCC1(O)CCCc2ccccc21. The van der Waals surface area contributed by atoms with Gasteiger partial charge in [0.15, 0.2) is 0 Å². The van der Waals surface area contributed by atoms with E-state index in [0.29, 0.717) is 6.42 Å². The maximum Gasteiger partial charge on any atom is 0.244 e. The van der Waals surface area contributed by atoms with Crippen LogP contribution in [0.1, 0.15) is 40.9 Å². The highest BCUT2D eigenvalue weighted by Crippen LogP contribution is 2.34. The molecule has 1 amide bonds. The van der Waals surface area contributed by atoms with Gasteiger partial charge in [-0.1, -0.05) is 24.3 Å². The number of aromatic nitrogens is 2. The molecule has 5 nitrogen and oxygen atoms in total. The molecule has 0 bridgehead atoms. The monoisotopic (exact) mass is 339 g/mol. The molecule has 0 fully saturated rings. The summed E-state index contributed by atoms with van der Waals surface area (Å²) in [7, 11) is 1.88. The number of aryl methyl sites for hydroxylation is 3. The van der Waals surface area contributed by atoms with Crippen LogP contribution in [0.3, 0.4) is 0 Å². The first kappa shape index (κ1) is 17.4. The number of carbonyl (C=O) groups excluding carboxylic acids is 1. The maximum atomic E-state index is 12.2. The van der Waals surface area contributed by atoms with Crippen LogP contribution in [-0.2, 0) is 23.9 Å². The summed E-state index contributed by atoms with van der Waals surface area (Å²) in [6.07, 6.45) is 5.86. The van der Waals surface area contributed by atoms with E-state index in [0.717, 1.165) is 35.4 Å². The lowest BCUT2D eigenvalue weighted by Gasteiger charge is -2.34. The van der Waals surface area contributed by atoms with E-state index in [4.69, 9.17) is 0 Å². The van der Waals surface area contributed by atoms with Gasteiger partial charge in [0.1, 0.15) is 5.60 Å². The van der Waals surface area contributed by atoms with Gasteiger partial charge >= 0.3 is 0 Å². The fraction of sp³-hybridized carbons (Fsp3) is 0.400. The van der Waals surface area contributed by atoms with Gasteiger partial charge in [-0.25, -0.2) is 0 Å². The predicted octanol–water partition coefficient (Wildman–Crippen LogP) is 2.39. The summed E-state index contributed by atoms with van der Waals surface area (Å²) in [5.74, 6) is -0.209. The average molecular weight is 339 g/mol. The van der Waals surface area contributed by atoms with Gasteiger partial charge in [-0.3, -0.25) is 9.48 Å². The lowest BCUT2D eigenvalue weighted by Crippen LogP contribution is -2.42. The Morgan fingerprint density at radius 2 is 2.16 bits per heavy atom. The highest BCUT2D eigenvalue weighted by Gasteiger charge is 2.34. The molecule has 132 valence electrons. The smallest absolute Gasteiger partial charge is 0.244 e. The van der Waals surface area contributed by atoms with Crippen molar-refractivity contribution in [2.75, 3.05) is 6.54 Å². The van der Waals surface area contributed by atoms with Gasteiger partial charge in [-0.05, 0) is 50.3 Å². The Hall–Kier alpha value is -2.40. The number of amides is 1. The largest absolute Gasteiger partial charge is 0.383 e. The molecule has 25 heavy (non-hydrogen) atoms. The summed E-state index contributed by atoms with van der Waals surface area (Å²) in [5.41, 5.74) is 3.98. The van der Waals surface area contributed by atoms with Gasteiger partial charge in [-0.15, -0.1) is 0 Å². The Kier molecular flexibility index (Phi) is 4.77. The minimum Gasteiger partial charge on any atom is -0.383 e. The van der Waals surface area contributed by atoms with E-state index in [2.05, 4.69) is 16.5 Å². The van der Waals surface area contributed by atoms with Crippen LogP contribution in [0.15, 0.2) is 30.3 Å². The van der Waals surface area contributed by atoms with Crippen LogP contribution < -0.4 is 5.32 Å². The van der Waals surface area contributed by atoms with Crippen LogP contribution in [0.2, 0.25) is 0 Å². The number of aliphatic hydroxyl groups is 1. The number of hydrogen-bond donors (Lipinski definition) is 2. The first-order valence-electron chi connectivity index (χ1n) is 8.67. The van der Waals surface area contributed by atoms with Crippen LogP contribution in [0.4, 0.5) is 0 Å². The Labute approximate surface area is 148 Å². The third-order valence-corrected chi connectivity index (χ3v) is 5.08. The number of fused-ring (bicyclic) bond motifs is 1. The average Bonchev–Trinajstić information content (AvgIpc) is 2.84. The summed E-state index contributed by atoms with van der Waals surface area (Å²) in [6.45, 7) is 4.11. The van der Waals surface area contributed by atoms with Crippen molar-refractivity contribution < 1.29 is 9.90 Å². The second-order valence-corrected chi connectivity index (χ2v) is 6.80. The minimum absolute atomic E-state index is 0.209. The molecular formula is C20H25N3O2. The molecule has 0 saturated carbocycles. The molecule has 0 aliphatic heterocycles. The molecule has 1 atom stereocenters. The molecule has 1 aromatic heterocycles. The van der Waals surface area contributed by atoms with Gasteiger partial charge in [0.2, 0.25) is 5.91 Å². The van der Waals surface area contributed by atoms with Crippen molar-refractivity contribution in [1.29, 1.82) is 0 Å². The van der Waals surface area contributed by atoms with E-state index in [1.807, 2.05) is 39.1 Å². The molecule has 1 unspecified atom stereocenters. The van der Waals surface area contributed by atoms with Crippen molar-refractivity contribution in [3.63, 3.8) is 0 Å². The molecule has 5 heteroatoms. The summed E-state index contributed by atoms with van der Waals surface area (Å²) in [4.78, 5) is 12.2. The maximum absolute atomic E-state index is 12.2. The second kappa shape index (κ2) is 6.84. The van der Waals surface area contributed by atoms with Crippen LogP contribution in [-0.4, -0.2) is 27.3 Å². The molecule has 1 aliphatic rings. The second-order valence-electron chi connectivity index (χ2n) is 6.80. The van der Waals surface area contributed by atoms with Gasteiger partial charge < -0.3 is 10.4 Å². The lowest BCUT2D eigenvalue weighted by atomic mass is 9.79. The minimum atomic E-state index is -0.988. The zero-order valence-electron chi connectivity index (χ0n) is 15.0. The fourth-order valence-electron chi connectivity index (χ4n) is 3.56. The molecular weight excluding hydrogens is 314 g/mol. The third kappa shape index (κ3) is 3.51. The number of hydrogen-bond acceptors (Lipinski definition) is 3. The molecule has 1 aromatic carbocycles. The fourth-order valence-corrected chi connectivity index (χ4v) is 3.56. The van der Waals surface area contributed by atoms with E-state index in [1.54, 1.807) is 10.8 Å². The van der Waals surface area contributed by atoms with Crippen molar-refractivity contribution in [2.24, 2.45) is 7.05 Å². The van der Waals surface area contributed by atoms with Gasteiger partial charge in [0.05, 0.1) is 12.2 Å². The van der Waals surface area contributed by atoms with E-state index in [9.17, 15) is 9.90 Å². The normalized spacial score (nSPS) is 19.8. The van der Waals surface area contributed by atoms with Crippen LogP contribution >= 0.6 is 0 Å². The lowest BCUT2D eigenvalue weighted by molar-refractivity contribution is -0.118. The van der Waals surface area contributed by atoms with Gasteiger partial charge in [0.25, 0.3) is 0 Å². The highest BCUT2D eigenvalue weighted by molar-refractivity contribution is 5.92. The van der Waals surface area contributed by atoms with Crippen molar-refractivity contribution >= 4 is 12.0 Å². The first-order valence-corrected chi connectivity index (χ1v) is 8.67. The Bertz CT molecular complexity index is 822. The summed E-state index contributed by atoms with van der Waals surface area (Å²) < 4.78 is 1.80. The van der Waals surface area contributed by atoms with Crippen LogP contribution in [0, 0.1) is 13.8 Å². The number of carbonyl (C=O) groups is 1. The Balaban J connectivity index is 1.68. The van der Waals surface area contributed by atoms with Gasteiger partial charge in [-0.2, -0.15) is 5.10 Å². The predicted molar refractivity (Wildman–Crippen MR) is 98.0 cm³/mol. The Morgan fingerprint density at radius 3 is 2.88 bits per heavy atom. The summed E-state index contributed by atoms with van der Waals surface area (Å²) >= 11 is 0. The molecule has 0 radical (unpaired) electrons. The van der Waals surface area contributed by atoms with Crippen LogP contribution in [0.25, 0.3) is 6.08 Å². The van der Waals surface area contributed by atoms with Crippen molar-refractivity contribution in [3.05, 3.63) is 58.4 Å². The van der Waals surface area contributed by atoms with Crippen molar-refractivity contribution in [1.82, 2.24) is 15.1 Å². The highest BCUT2D eigenvalue weighted by atomic mass is 16.3. The standard InChI is InChI=1S/C20H25N3O2/c1-14-17(15(2)23(3)22-14)10-11-19(24)21-13-20(25)12-6-8-16-7-4-5-9-18(16)20/h4-5,7,9-11,25H,6,8,12-13H2,1-3H3,(H,21,24)/b11-10+. The first-order chi connectivity index (χ1) is 11.9. The van der Waals surface area contributed by atoms with E-state index in [-0.39, 0.29) is 12.5 Å². The zero-order valence-corrected chi connectivity index (χ0v) is 15.0. The molecule has 3 rings (SSSR count). The molecule has 1 heterocycles. The molecule has 2 aromatic rings. The van der Waals surface area contributed by atoms with E-state index < -0.39 is 5.60 Å². The molecule has 1 aliphatic carbocycles. The molecule has 0 spiro atoms. The summed E-state index contributed by atoms with van der Waals surface area (Å²) in [5, 5.41) is 18.2. The number of nitrogens with one attached hydrogen (secondary N) is 1. The zero-order chi connectivity index (χ0) is 18.0. The van der Waals surface area contributed by atoms with Crippen LogP contribution in [0.5, 0.6) is 0 Å². The van der Waals surface area contributed by atoms with E-state index >= 15 is 0 Å². The topological polar surface area (TPSA) is 67.2 Å². The number of rotatable bonds is 4. The van der Waals surface area contributed by atoms with E-state index in [1.165, 1.54) is 11.6 Å². The number of benzene rings is 1. The Morgan fingerprint density at radius 1 is 1.40 bits per heavy atom. The molecule has 2 N–H and O–H groups in total. The van der Waals surface area contributed by atoms with Gasteiger partial charge in [0, 0.05) is 24.4 Å². The third-order valence-electron chi connectivity index (χ3n) is 5.08. The van der Waals surface area contributed by atoms with Crippen molar-refractivity contribution in [3.8, 4) is 0 Å². The van der Waals surface area contributed by atoms with Crippen molar-refractivity contribution in [2.45, 2.75) is 38.7 Å². The quantitative estimate of drug-likeness (QED) is 0.841. The number of nitrogens with zero attached hydrogens (tertiary/aromatic N) is 2.